The van der Waals surface area contributed by atoms with E-state index >= 15 is 0 Å². The summed E-state index contributed by atoms with van der Waals surface area (Å²) in [5.41, 5.74) is 1.41. The lowest BCUT2D eigenvalue weighted by Gasteiger charge is -2.39. The van der Waals surface area contributed by atoms with Crippen LogP contribution in [0.25, 0.3) is 0 Å². The van der Waals surface area contributed by atoms with E-state index in [-0.39, 0.29) is 0 Å². The molecular weight excluding hydrogens is 200 g/mol. The van der Waals surface area contributed by atoms with Crippen molar-refractivity contribution < 1.29 is 4.74 Å². The zero-order valence-corrected chi connectivity index (χ0v) is 11.2. The molecule has 94 valence electrons. The second-order valence-corrected chi connectivity index (χ2v) is 4.92. The van der Waals surface area contributed by atoms with Crippen LogP contribution < -0.4 is 0 Å². The highest BCUT2D eigenvalue weighted by Crippen LogP contribution is 2.09. The molecule has 1 saturated heterocycles. The summed E-state index contributed by atoms with van der Waals surface area (Å²) in [5, 5.41) is 0. The smallest absolute Gasteiger partial charge is 0.0589 e. The van der Waals surface area contributed by atoms with Crippen molar-refractivity contribution in [2.24, 2.45) is 0 Å². The van der Waals surface area contributed by atoms with E-state index in [9.17, 15) is 0 Å². The molecule has 1 rings (SSSR count). The fraction of sp³-hybridized carbons (Fsp3) is 0.846. The van der Waals surface area contributed by atoms with Gasteiger partial charge in [-0.1, -0.05) is 11.6 Å². The number of piperazine rings is 1. The molecule has 1 atom stereocenters. The maximum atomic E-state index is 5.13. The van der Waals surface area contributed by atoms with Crippen molar-refractivity contribution in [3.8, 4) is 0 Å². The van der Waals surface area contributed by atoms with Gasteiger partial charge in [0.05, 0.1) is 6.61 Å². The van der Waals surface area contributed by atoms with Crippen LogP contribution in [0.5, 0.6) is 0 Å². The van der Waals surface area contributed by atoms with Gasteiger partial charge >= 0.3 is 0 Å². The van der Waals surface area contributed by atoms with Gasteiger partial charge in [0.1, 0.15) is 0 Å². The molecule has 0 bridgehead atoms. The first kappa shape index (κ1) is 13.7. The third kappa shape index (κ3) is 4.64. The Morgan fingerprint density at radius 3 is 2.69 bits per heavy atom. The number of allylic oxidation sites excluding steroid dienone is 1. The van der Waals surface area contributed by atoms with E-state index in [4.69, 9.17) is 4.74 Å². The molecule has 1 aliphatic heterocycles. The van der Waals surface area contributed by atoms with Gasteiger partial charge in [-0.2, -0.15) is 0 Å². The van der Waals surface area contributed by atoms with Gasteiger partial charge in [-0.25, -0.2) is 0 Å². The summed E-state index contributed by atoms with van der Waals surface area (Å²) in [7, 11) is 1.77. The van der Waals surface area contributed by atoms with Gasteiger partial charge in [0.2, 0.25) is 0 Å². The van der Waals surface area contributed by atoms with Crippen LogP contribution >= 0.6 is 0 Å². The van der Waals surface area contributed by atoms with Crippen molar-refractivity contribution in [3.63, 3.8) is 0 Å². The zero-order valence-electron chi connectivity index (χ0n) is 11.2. The summed E-state index contributed by atoms with van der Waals surface area (Å²) in [6.07, 6.45) is 2.32. The highest BCUT2D eigenvalue weighted by Gasteiger charge is 2.22. The predicted molar refractivity (Wildman–Crippen MR) is 68.8 cm³/mol. The molecule has 0 aromatic carbocycles. The highest BCUT2D eigenvalue weighted by atomic mass is 16.5. The molecule has 0 spiro atoms. The maximum absolute atomic E-state index is 5.13. The molecule has 3 nitrogen and oxygen atoms in total. The first-order chi connectivity index (χ1) is 7.63. The molecule has 1 aliphatic rings. The third-order valence-electron chi connectivity index (χ3n) is 3.19. The summed E-state index contributed by atoms with van der Waals surface area (Å²) in [6, 6.07) is 0.648. The largest absolute Gasteiger partial charge is 0.383 e. The summed E-state index contributed by atoms with van der Waals surface area (Å²) in [4.78, 5) is 5.05. The van der Waals surface area contributed by atoms with Crippen LogP contribution in [0.2, 0.25) is 0 Å². The quantitative estimate of drug-likeness (QED) is 0.662. The molecule has 16 heavy (non-hydrogen) atoms. The van der Waals surface area contributed by atoms with Crippen molar-refractivity contribution in [3.05, 3.63) is 11.6 Å². The topological polar surface area (TPSA) is 15.7 Å². The molecule has 0 radical (unpaired) electrons. The van der Waals surface area contributed by atoms with Crippen molar-refractivity contribution in [2.45, 2.75) is 26.8 Å². The van der Waals surface area contributed by atoms with Crippen LogP contribution in [0.4, 0.5) is 0 Å². The first-order valence-electron chi connectivity index (χ1n) is 6.22. The SMILES string of the molecule is COCCN1CCN(CC=C(C)C)C[C@H]1C. The average Bonchev–Trinajstić information content (AvgIpc) is 2.25. The lowest BCUT2D eigenvalue weighted by atomic mass is 10.2. The predicted octanol–water partition coefficient (Wildman–Crippen LogP) is 1.61. The first-order valence-corrected chi connectivity index (χ1v) is 6.22. The lowest BCUT2D eigenvalue weighted by Crippen LogP contribution is -2.52. The summed E-state index contributed by atoms with van der Waals surface area (Å²) in [5.74, 6) is 0. The molecule has 0 aromatic heterocycles. The normalized spacial score (nSPS) is 23.4. The van der Waals surface area contributed by atoms with Crippen molar-refractivity contribution in [1.29, 1.82) is 0 Å². The fourth-order valence-corrected chi connectivity index (χ4v) is 2.09. The minimum Gasteiger partial charge on any atom is -0.383 e. The Balaban J connectivity index is 2.30. The Morgan fingerprint density at radius 1 is 1.38 bits per heavy atom. The van der Waals surface area contributed by atoms with Crippen molar-refractivity contribution in [1.82, 2.24) is 9.80 Å². The molecule has 0 aliphatic carbocycles. The molecule has 3 heteroatoms. The van der Waals surface area contributed by atoms with Crippen LogP contribution in [0.3, 0.4) is 0 Å². The Morgan fingerprint density at radius 2 is 2.12 bits per heavy atom. The lowest BCUT2D eigenvalue weighted by molar-refractivity contribution is 0.0640. The average molecular weight is 226 g/mol. The zero-order chi connectivity index (χ0) is 12.0. The minimum atomic E-state index is 0.648. The number of nitrogens with zero attached hydrogens (tertiary/aromatic N) is 2. The standard InChI is InChI=1S/C13H26N2O/c1-12(2)5-6-14-7-8-15(9-10-16-4)13(3)11-14/h5,13H,6-11H2,1-4H3/t13-/m1/s1. The molecule has 0 amide bonds. The number of methoxy groups -OCH3 is 1. The van der Waals surface area contributed by atoms with E-state index in [1.165, 1.54) is 25.2 Å². The molecule has 1 fully saturated rings. The molecular formula is C13H26N2O. The van der Waals surface area contributed by atoms with E-state index < -0.39 is 0 Å². The summed E-state index contributed by atoms with van der Waals surface area (Å²) >= 11 is 0. The van der Waals surface area contributed by atoms with Crippen molar-refractivity contribution >= 4 is 0 Å². The highest BCUT2D eigenvalue weighted by molar-refractivity contribution is 4.96. The molecule has 0 unspecified atom stereocenters. The maximum Gasteiger partial charge on any atom is 0.0589 e. The minimum absolute atomic E-state index is 0.648. The Bertz CT molecular complexity index is 224. The molecule has 0 N–H and O–H groups in total. The van der Waals surface area contributed by atoms with E-state index in [1.807, 2.05) is 0 Å². The summed E-state index contributed by atoms with van der Waals surface area (Å²) in [6.45, 7) is 13.2. The number of ether oxygens (including phenoxy) is 1. The number of rotatable bonds is 5. The van der Waals surface area contributed by atoms with Crippen LogP contribution in [-0.4, -0.2) is 62.3 Å². The van der Waals surface area contributed by atoms with Gasteiger partial charge in [0.25, 0.3) is 0 Å². The van der Waals surface area contributed by atoms with E-state index in [2.05, 4.69) is 36.6 Å². The van der Waals surface area contributed by atoms with Crippen LogP contribution in [0.15, 0.2) is 11.6 Å². The van der Waals surface area contributed by atoms with Gasteiger partial charge < -0.3 is 4.74 Å². The van der Waals surface area contributed by atoms with E-state index in [1.54, 1.807) is 7.11 Å². The third-order valence-corrected chi connectivity index (χ3v) is 3.19. The van der Waals surface area contributed by atoms with Gasteiger partial charge in [0.15, 0.2) is 0 Å². The van der Waals surface area contributed by atoms with E-state index in [0.29, 0.717) is 6.04 Å². The van der Waals surface area contributed by atoms with Crippen molar-refractivity contribution in [2.75, 3.05) is 46.4 Å². The Kier molecular flexibility index (Phi) is 6.03. The van der Waals surface area contributed by atoms with Crippen LogP contribution in [0, 0.1) is 0 Å². The monoisotopic (exact) mass is 226 g/mol. The Labute approximate surface area is 100 Å². The second-order valence-electron chi connectivity index (χ2n) is 4.92. The van der Waals surface area contributed by atoms with Crippen LogP contribution in [-0.2, 0) is 4.74 Å². The van der Waals surface area contributed by atoms with E-state index in [0.717, 1.165) is 19.7 Å². The van der Waals surface area contributed by atoms with Gasteiger partial charge in [0, 0.05) is 45.9 Å². The van der Waals surface area contributed by atoms with Gasteiger partial charge in [-0.15, -0.1) is 0 Å². The molecule has 0 saturated carbocycles. The fourth-order valence-electron chi connectivity index (χ4n) is 2.09. The van der Waals surface area contributed by atoms with Gasteiger partial charge in [-0.3, -0.25) is 9.80 Å². The number of hydrogen-bond donors (Lipinski definition) is 0. The van der Waals surface area contributed by atoms with Gasteiger partial charge in [-0.05, 0) is 20.8 Å². The molecule has 0 aromatic rings. The van der Waals surface area contributed by atoms with Crippen LogP contribution in [0.1, 0.15) is 20.8 Å². The number of hydrogen-bond acceptors (Lipinski definition) is 3. The Hall–Kier alpha value is -0.380. The second kappa shape index (κ2) is 7.05. The summed E-state index contributed by atoms with van der Waals surface area (Å²) < 4.78 is 5.13. The molecule has 1 heterocycles.